The Kier molecular flexibility index (Phi) is 5.05. The summed E-state index contributed by atoms with van der Waals surface area (Å²) in [5, 5.41) is 0. The molecule has 1 rings (SSSR count). The van der Waals surface area contributed by atoms with E-state index in [-0.39, 0.29) is 24.4 Å². The lowest BCUT2D eigenvalue weighted by Gasteiger charge is -2.08. The van der Waals surface area contributed by atoms with Crippen molar-refractivity contribution in [1.29, 1.82) is 0 Å². The molecule has 1 aromatic carbocycles. The normalized spacial score (nSPS) is 12.6. The van der Waals surface area contributed by atoms with E-state index in [0.717, 1.165) is 12.3 Å². The van der Waals surface area contributed by atoms with Crippen LogP contribution in [-0.2, 0) is 19.9 Å². The minimum absolute atomic E-state index is 0.0183. The van der Waals surface area contributed by atoms with E-state index in [1.807, 2.05) is 4.72 Å². The van der Waals surface area contributed by atoms with Crippen LogP contribution in [0.2, 0.25) is 0 Å². The SMILES string of the molecule is CS(=O)(=O)CCCNS(=O)(=O)c1cc(N)cc(F)c1F. The van der Waals surface area contributed by atoms with E-state index in [9.17, 15) is 25.6 Å². The van der Waals surface area contributed by atoms with Gasteiger partial charge in [0.05, 0.1) is 5.75 Å². The molecule has 114 valence electrons. The fourth-order valence-electron chi connectivity index (χ4n) is 1.40. The van der Waals surface area contributed by atoms with Crippen LogP contribution in [0.25, 0.3) is 0 Å². The van der Waals surface area contributed by atoms with Gasteiger partial charge in [-0.1, -0.05) is 0 Å². The molecule has 0 unspecified atom stereocenters. The summed E-state index contributed by atoms with van der Waals surface area (Å²) in [5.41, 5.74) is 5.02. The average molecular weight is 328 g/mol. The van der Waals surface area contributed by atoms with Gasteiger partial charge in [-0.2, -0.15) is 0 Å². The molecule has 20 heavy (non-hydrogen) atoms. The quantitative estimate of drug-likeness (QED) is 0.575. The van der Waals surface area contributed by atoms with Crippen LogP contribution in [0.5, 0.6) is 0 Å². The molecule has 0 aliphatic rings. The number of rotatable bonds is 6. The minimum atomic E-state index is -4.29. The highest BCUT2D eigenvalue weighted by Gasteiger charge is 2.22. The zero-order valence-corrected chi connectivity index (χ0v) is 12.2. The standard InChI is InChI=1S/C10H14F2N2O4S2/c1-19(15,16)4-2-3-14-20(17,18)9-6-7(13)5-8(11)10(9)12/h5-6,14H,2-4,13H2,1H3. The third kappa shape index (κ3) is 4.69. The summed E-state index contributed by atoms with van der Waals surface area (Å²) < 4.78 is 73.8. The molecule has 10 heteroatoms. The van der Waals surface area contributed by atoms with E-state index in [1.54, 1.807) is 0 Å². The zero-order chi connectivity index (χ0) is 15.6. The number of halogens is 2. The second-order valence-electron chi connectivity index (χ2n) is 4.20. The smallest absolute Gasteiger partial charge is 0.243 e. The first-order chi connectivity index (χ1) is 9.03. The molecular weight excluding hydrogens is 314 g/mol. The van der Waals surface area contributed by atoms with Crippen molar-refractivity contribution in [2.24, 2.45) is 0 Å². The number of anilines is 1. The van der Waals surface area contributed by atoms with Crippen molar-refractivity contribution in [3.63, 3.8) is 0 Å². The Labute approximate surface area is 115 Å². The summed E-state index contributed by atoms with van der Waals surface area (Å²) in [4.78, 5) is -0.908. The van der Waals surface area contributed by atoms with Crippen LogP contribution in [0.1, 0.15) is 6.42 Å². The van der Waals surface area contributed by atoms with Crippen molar-refractivity contribution in [3.05, 3.63) is 23.8 Å². The molecular formula is C10H14F2N2O4S2. The van der Waals surface area contributed by atoms with Crippen molar-refractivity contribution < 1.29 is 25.6 Å². The molecule has 0 heterocycles. The second kappa shape index (κ2) is 6.02. The van der Waals surface area contributed by atoms with E-state index < -0.39 is 36.4 Å². The molecule has 0 aliphatic carbocycles. The van der Waals surface area contributed by atoms with Gasteiger partial charge in [0.25, 0.3) is 0 Å². The fourth-order valence-corrected chi connectivity index (χ4v) is 3.26. The van der Waals surface area contributed by atoms with Crippen LogP contribution >= 0.6 is 0 Å². The second-order valence-corrected chi connectivity index (χ2v) is 8.19. The van der Waals surface area contributed by atoms with E-state index in [2.05, 4.69) is 0 Å². The van der Waals surface area contributed by atoms with Crippen LogP contribution in [0.15, 0.2) is 17.0 Å². The Hall–Kier alpha value is -1.26. The average Bonchev–Trinajstić information content (AvgIpc) is 2.28. The predicted molar refractivity (Wildman–Crippen MR) is 70.3 cm³/mol. The lowest BCUT2D eigenvalue weighted by atomic mass is 10.3. The molecule has 0 fully saturated rings. The number of nitrogens with one attached hydrogen (secondary N) is 1. The lowest BCUT2D eigenvalue weighted by molar-refractivity contribution is 0.483. The molecule has 0 aromatic heterocycles. The van der Waals surface area contributed by atoms with Crippen molar-refractivity contribution in [2.75, 3.05) is 24.3 Å². The van der Waals surface area contributed by atoms with Crippen molar-refractivity contribution in [2.45, 2.75) is 11.3 Å². The number of sulfonamides is 1. The molecule has 0 radical (unpaired) electrons. The summed E-state index contributed by atoms with van der Waals surface area (Å²) in [5.74, 6) is -3.13. The Balaban J connectivity index is 2.85. The highest BCUT2D eigenvalue weighted by atomic mass is 32.2. The van der Waals surface area contributed by atoms with Crippen LogP contribution in [-0.4, -0.2) is 35.4 Å². The number of hydrogen-bond acceptors (Lipinski definition) is 5. The molecule has 0 saturated heterocycles. The predicted octanol–water partition coefficient (Wildman–Crippen LogP) is 0.260. The van der Waals surface area contributed by atoms with Crippen molar-refractivity contribution >= 4 is 25.5 Å². The molecule has 0 amide bonds. The monoisotopic (exact) mass is 328 g/mol. The van der Waals surface area contributed by atoms with Gasteiger partial charge < -0.3 is 5.73 Å². The first kappa shape index (κ1) is 16.8. The summed E-state index contributed by atoms with van der Waals surface area (Å²) >= 11 is 0. The Morgan fingerprint density at radius 2 is 1.80 bits per heavy atom. The van der Waals surface area contributed by atoms with Gasteiger partial charge >= 0.3 is 0 Å². The Morgan fingerprint density at radius 1 is 1.20 bits per heavy atom. The Morgan fingerprint density at radius 3 is 2.35 bits per heavy atom. The zero-order valence-electron chi connectivity index (χ0n) is 10.6. The van der Waals surface area contributed by atoms with E-state index >= 15 is 0 Å². The molecule has 0 saturated carbocycles. The van der Waals surface area contributed by atoms with Crippen molar-refractivity contribution in [1.82, 2.24) is 4.72 Å². The van der Waals surface area contributed by atoms with E-state index in [0.29, 0.717) is 6.07 Å². The van der Waals surface area contributed by atoms with Gasteiger partial charge in [-0.25, -0.2) is 30.3 Å². The van der Waals surface area contributed by atoms with Gasteiger partial charge in [-0.3, -0.25) is 0 Å². The number of sulfone groups is 1. The van der Waals surface area contributed by atoms with Gasteiger partial charge in [0, 0.05) is 18.5 Å². The largest absolute Gasteiger partial charge is 0.399 e. The van der Waals surface area contributed by atoms with Crippen LogP contribution in [0, 0.1) is 11.6 Å². The summed E-state index contributed by atoms with van der Waals surface area (Å²) in [7, 11) is -7.51. The highest BCUT2D eigenvalue weighted by Crippen LogP contribution is 2.20. The molecule has 0 bridgehead atoms. The first-order valence-electron chi connectivity index (χ1n) is 5.45. The van der Waals surface area contributed by atoms with Crippen LogP contribution in [0.3, 0.4) is 0 Å². The molecule has 6 nitrogen and oxygen atoms in total. The van der Waals surface area contributed by atoms with Gasteiger partial charge in [-0.15, -0.1) is 0 Å². The topological polar surface area (TPSA) is 106 Å². The van der Waals surface area contributed by atoms with Crippen LogP contribution in [0.4, 0.5) is 14.5 Å². The van der Waals surface area contributed by atoms with Gasteiger partial charge in [0.15, 0.2) is 11.6 Å². The van der Waals surface area contributed by atoms with Gasteiger partial charge in [0.1, 0.15) is 14.7 Å². The maximum absolute atomic E-state index is 13.4. The van der Waals surface area contributed by atoms with Gasteiger partial charge in [-0.05, 0) is 18.6 Å². The van der Waals surface area contributed by atoms with E-state index in [4.69, 9.17) is 5.73 Å². The number of nitrogen functional groups attached to an aromatic ring is 1. The van der Waals surface area contributed by atoms with Gasteiger partial charge in [0.2, 0.25) is 10.0 Å². The lowest BCUT2D eigenvalue weighted by Crippen LogP contribution is -2.27. The summed E-state index contributed by atoms with van der Waals surface area (Å²) in [6, 6.07) is 1.45. The summed E-state index contributed by atoms with van der Waals surface area (Å²) in [6.07, 6.45) is 1.03. The maximum Gasteiger partial charge on any atom is 0.243 e. The molecule has 1 aromatic rings. The highest BCUT2D eigenvalue weighted by molar-refractivity contribution is 7.90. The molecule has 0 atom stereocenters. The first-order valence-corrected chi connectivity index (χ1v) is 8.99. The molecule has 0 spiro atoms. The third-order valence-electron chi connectivity index (χ3n) is 2.29. The number of benzene rings is 1. The number of nitrogens with two attached hydrogens (primary N) is 1. The summed E-state index contributed by atoms with van der Waals surface area (Å²) in [6.45, 7) is -0.217. The van der Waals surface area contributed by atoms with Crippen LogP contribution < -0.4 is 10.5 Å². The minimum Gasteiger partial charge on any atom is -0.399 e. The van der Waals surface area contributed by atoms with E-state index in [1.165, 1.54) is 0 Å². The maximum atomic E-state index is 13.4. The number of hydrogen-bond donors (Lipinski definition) is 2. The fraction of sp³-hybridized carbons (Fsp3) is 0.400. The molecule has 0 aliphatic heterocycles. The Bertz CT molecular complexity index is 702. The third-order valence-corrected chi connectivity index (χ3v) is 4.78. The molecule has 3 N–H and O–H groups in total. The van der Waals surface area contributed by atoms with Crippen molar-refractivity contribution in [3.8, 4) is 0 Å².